The topological polar surface area (TPSA) is 37.8 Å². The number of halogens is 2. The van der Waals surface area contributed by atoms with Crippen molar-refractivity contribution in [2.45, 2.75) is 6.54 Å². The van der Waals surface area contributed by atoms with Crippen LogP contribution in [0.4, 0.5) is 5.82 Å². The van der Waals surface area contributed by atoms with Crippen molar-refractivity contribution in [1.82, 2.24) is 9.97 Å². The molecule has 2 rings (SSSR count). The zero-order valence-corrected chi connectivity index (χ0v) is 9.90. The van der Waals surface area contributed by atoms with Crippen LogP contribution in [0.5, 0.6) is 0 Å². The van der Waals surface area contributed by atoms with Crippen molar-refractivity contribution in [3.05, 3.63) is 38.9 Å². The van der Waals surface area contributed by atoms with E-state index in [9.17, 15) is 0 Å². The first kappa shape index (κ1) is 10.7. The van der Waals surface area contributed by atoms with Gasteiger partial charge in [-0.1, -0.05) is 11.6 Å². The molecule has 2 heterocycles. The van der Waals surface area contributed by atoms with E-state index in [1.54, 1.807) is 12.3 Å². The van der Waals surface area contributed by atoms with Crippen LogP contribution in [0.25, 0.3) is 0 Å². The Morgan fingerprint density at radius 3 is 2.87 bits per heavy atom. The Hall–Kier alpha value is -0.840. The van der Waals surface area contributed by atoms with Gasteiger partial charge in [0.15, 0.2) is 0 Å². The molecule has 3 nitrogen and oxygen atoms in total. The standard InChI is InChI=1S/C9H7Cl2N3S/c10-8-6(2-4-15-8)5-13-7-1-3-12-9(11)14-7/h1-4H,5H2,(H,12,13,14). The summed E-state index contributed by atoms with van der Waals surface area (Å²) >= 11 is 13.1. The van der Waals surface area contributed by atoms with E-state index in [1.165, 1.54) is 11.3 Å². The molecule has 0 bridgehead atoms. The monoisotopic (exact) mass is 259 g/mol. The van der Waals surface area contributed by atoms with Gasteiger partial charge in [-0.05, 0) is 29.1 Å². The second kappa shape index (κ2) is 4.79. The van der Waals surface area contributed by atoms with Gasteiger partial charge in [0, 0.05) is 18.3 Å². The van der Waals surface area contributed by atoms with E-state index in [4.69, 9.17) is 23.2 Å². The number of nitrogens with zero attached hydrogens (tertiary/aromatic N) is 2. The van der Waals surface area contributed by atoms with Crippen LogP contribution in [-0.4, -0.2) is 9.97 Å². The number of nitrogens with one attached hydrogen (secondary N) is 1. The largest absolute Gasteiger partial charge is 0.366 e. The lowest BCUT2D eigenvalue weighted by atomic mass is 10.3. The predicted octanol–water partition coefficient (Wildman–Crippen LogP) is 3.46. The van der Waals surface area contributed by atoms with E-state index < -0.39 is 0 Å². The van der Waals surface area contributed by atoms with Gasteiger partial charge in [0.2, 0.25) is 5.28 Å². The Bertz CT molecular complexity index is 458. The molecule has 0 atom stereocenters. The first-order valence-electron chi connectivity index (χ1n) is 4.20. The fourth-order valence-electron chi connectivity index (χ4n) is 1.06. The Morgan fingerprint density at radius 2 is 2.20 bits per heavy atom. The molecule has 1 N–H and O–H groups in total. The SMILES string of the molecule is Clc1nccc(NCc2ccsc2Cl)n1. The molecule has 0 saturated carbocycles. The molecule has 2 aromatic rings. The molecule has 0 amide bonds. The molecule has 0 aliphatic heterocycles. The summed E-state index contributed by atoms with van der Waals surface area (Å²) in [5, 5.41) is 5.30. The van der Waals surface area contributed by atoms with Gasteiger partial charge >= 0.3 is 0 Å². The number of thiophene rings is 1. The zero-order valence-electron chi connectivity index (χ0n) is 7.58. The number of aromatic nitrogens is 2. The minimum atomic E-state index is 0.233. The van der Waals surface area contributed by atoms with Crippen molar-refractivity contribution in [3.8, 4) is 0 Å². The molecule has 0 fully saturated rings. The molecular formula is C9H7Cl2N3S. The molecule has 0 saturated heterocycles. The third kappa shape index (κ3) is 2.81. The molecule has 2 aromatic heterocycles. The zero-order chi connectivity index (χ0) is 10.7. The third-order valence-electron chi connectivity index (χ3n) is 1.78. The maximum absolute atomic E-state index is 5.96. The molecule has 0 aromatic carbocycles. The number of hydrogen-bond donors (Lipinski definition) is 1. The van der Waals surface area contributed by atoms with E-state index in [-0.39, 0.29) is 5.28 Å². The van der Waals surface area contributed by atoms with E-state index in [2.05, 4.69) is 15.3 Å². The number of hydrogen-bond acceptors (Lipinski definition) is 4. The Kier molecular flexibility index (Phi) is 3.41. The van der Waals surface area contributed by atoms with Crippen LogP contribution < -0.4 is 5.32 Å². The Balaban J connectivity index is 2.02. The average Bonchev–Trinajstić information content (AvgIpc) is 2.61. The number of rotatable bonds is 3. The minimum Gasteiger partial charge on any atom is -0.366 e. The van der Waals surface area contributed by atoms with Crippen LogP contribution in [0.1, 0.15) is 5.56 Å². The first-order chi connectivity index (χ1) is 7.25. The lowest BCUT2D eigenvalue weighted by Gasteiger charge is -2.03. The van der Waals surface area contributed by atoms with Crippen LogP contribution in [0.15, 0.2) is 23.7 Å². The van der Waals surface area contributed by atoms with Gasteiger partial charge in [-0.15, -0.1) is 11.3 Å². The molecular weight excluding hydrogens is 253 g/mol. The molecule has 15 heavy (non-hydrogen) atoms. The maximum atomic E-state index is 5.96. The smallest absolute Gasteiger partial charge is 0.224 e. The Labute approximate surface area is 101 Å². The van der Waals surface area contributed by atoms with Crippen molar-refractivity contribution >= 4 is 40.4 Å². The van der Waals surface area contributed by atoms with Crippen LogP contribution in [0.2, 0.25) is 9.62 Å². The lowest BCUT2D eigenvalue weighted by Crippen LogP contribution is -2.01. The summed E-state index contributed by atoms with van der Waals surface area (Å²) in [4.78, 5) is 7.80. The summed E-state index contributed by atoms with van der Waals surface area (Å²) in [6, 6.07) is 3.73. The van der Waals surface area contributed by atoms with Gasteiger partial charge in [-0.25, -0.2) is 9.97 Å². The minimum absolute atomic E-state index is 0.233. The molecule has 0 aliphatic carbocycles. The summed E-state index contributed by atoms with van der Waals surface area (Å²) in [5.74, 6) is 0.692. The van der Waals surface area contributed by atoms with Crippen LogP contribution in [-0.2, 0) is 6.54 Å². The van der Waals surface area contributed by atoms with Gasteiger partial charge < -0.3 is 5.32 Å². The predicted molar refractivity (Wildman–Crippen MR) is 63.7 cm³/mol. The lowest BCUT2D eigenvalue weighted by molar-refractivity contribution is 1.09. The highest BCUT2D eigenvalue weighted by Gasteiger charge is 2.01. The molecule has 78 valence electrons. The molecule has 6 heteroatoms. The molecule has 0 radical (unpaired) electrons. The highest BCUT2D eigenvalue weighted by Crippen LogP contribution is 2.23. The number of anilines is 1. The molecule has 0 unspecified atom stereocenters. The van der Waals surface area contributed by atoms with Crippen molar-refractivity contribution in [2.75, 3.05) is 5.32 Å². The van der Waals surface area contributed by atoms with Crippen molar-refractivity contribution in [1.29, 1.82) is 0 Å². The highest BCUT2D eigenvalue weighted by molar-refractivity contribution is 7.14. The second-order valence-corrected chi connectivity index (χ2v) is 4.64. The molecule has 0 spiro atoms. The average molecular weight is 260 g/mol. The third-order valence-corrected chi connectivity index (χ3v) is 3.21. The summed E-state index contributed by atoms with van der Waals surface area (Å²) in [6.07, 6.45) is 1.60. The van der Waals surface area contributed by atoms with Crippen LogP contribution in [0.3, 0.4) is 0 Å². The summed E-state index contributed by atoms with van der Waals surface area (Å²) in [6.45, 7) is 0.635. The van der Waals surface area contributed by atoms with E-state index >= 15 is 0 Å². The van der Waals surface area contributed by atoms with Crippen LogP contribution >= 0.6 is 34.5 Å². The maximum Gasteiger partial charge on any atom is 0.224 e. The van der Waals surface area contributed by atoms with Crippen molar-refractivity contribution < 1.29 is 0 Å². The van der Waals surface area contributed by atoms with Gasteiger partial charge in [0.1, 0.15) is 5.82 Å². The van der Waals surface area contributed by atoms with Crippen molar-refractivity contribution in [3.63, 3.8) is 0 Å². The van der Waals surface area contributed by atoms with Gasteiger partial charge in [-0.3, -0.25) is 0 Å². The molecule has 0 aliphatic rings. The van der Waals surface area contributed by atoms with Gasteiger partial charge in [0.25, 0.3) is 0 Å². The summed E-state index contributed by atoms with van der Waals surface area (Å²) in [7, 11) is 0. The normalized spacial score (nSPS) is 10.3. The summed E-state index contributed by atoms with van der Waals surface area (Å²) in [5.41, 5.74) is 1.05. The van der Waals surface area contributed by atoms with Gasteiger partial charge in [-0.2, -0.15) is 0 Å². The summed E-state index contributed by atoms with van der Waals surface area (Å²) < 4.78 is 0.794. The quantitative estimate of drug-likeness (QED) is 0.859. The highest BCUT2D eigenvalue weighted by atomic mass is 35.5. The first-order valence-corrected chi connectivity index (χ1v) is 5.83. The second-order valence-electron chi connectivity index (χ2n) is 2.78. The Morgan fingerprint density at radius 1 is 1.33 bits per heavy atom. The van der Waals surface area contributed by atoms with E-state index in [0.29, 0.717) is 12.4 Å². The van der Waals surface area contributed by atoms with Crippen LogP contribution in [0, 0.1) is 0 Å². The van der Waals surface area contributed by atoms with Crippen molar-refractivity contribution in [2.24, 2.45) is 0 Å². The fraction of sp³-hybridized carbons (Fsp3) is 0.111. The van der Waals surface area contributed by atoms with Gasteiger partial charge in [0.05, 0.1) is 4.34 Å². The fourth-order valence-corrected chi connectivity index (χ4v) is 2.14. The van der Waals surface area contributed by atoms with E-state index in [1.807, 2.05) is 11.4 Å². The van der Waals surface area contributed by atoms with E-state index in [0.717, 1.165) is 9.90 Å².